The summed E-state index contributed by atoms with van der Waals surface area (Å²) in [6.07, 6.45) is 7.94. The Morgan fingerprint density at radius 2 is 1.33 bits per heavy atom. The molecule has 2 aliphatic rings. The first kappa shape index (κ1) is 7.47. The molecule has 62 valence electrons. The van der Waals surface area contributed by atoms with Crippen LogP contribution in [-0.2, 0) is 0 Å². The first-order valence-electron chi connectivity index (χ1n) is 4.28. The van der Waals surface area contributed by atoms with E-state index in [1.807, 2.05) is 12.4 Å². The van der Waals surface area contributed by atoms with Gasteiger partial charge < -0.3 is 0 Å². The maximum Gasteiger partial charge on any atom is 0.0690 e. The summed E-state index contributed by atoms with van der Waals surface area (Å²) in [5.74, 6) is 0.872. The molecule has 2 heterocycles. The van der Waals surface area contributed by atoms with Gasteiger partial charge in [0, 0.05) is 24.2 Å². The van der Waals surface area contributed by atoms with Crippen LogP contribution in [0, 0.1) is 11.8 Å². The zero-order valence-corrected chi connectivity index (χ0v) is 7.36. The van der Waals surface area contributed by atoms with Gasteiger partial charge in [-0.25, -0.2) is 0 Å². The largest absolute Gasteiger partial charge is 0.259 e. The molecule has 0 saturated carbocycles. The molecular weight excluding hydrogens is 148 g/mol. The average Bonchev–Trinajstić information content (AvgIpc) is 2.59. The summed E-state index contributed by atoms with van der Waals surface area (Å²) in [6.45, 7) is 4.30. The molecule has 0 amide bonds. The molecular formula is C10H12N2. The third-order valence-corrected chi connectivity index (χ3v) is 2.30. The van der Waals surface area contributed by atoms with Crippen LogP contribution < -0.4 is 0 Å². The molecule has 0 fully saturated rings. The fourth-order valence-electron chi connectivity index (χ4n) is 1.52. The number of aliphatic imine (C=N–C) groups is 2. The third-order valence-electron chi connectivity index (χ3n) is 2.30. The first-order valence-corrected chi connectivity index (χ1v) is 4.28. The molecule has 0 radical (unpaired) electrons. The minimum atomic E-state index is 0.436. The Balaban J connectivity index is 2.23. The Morgan fingerprint density at radius 1 is 0.917 bits per heavy atom. The van der Waals surface area contributed by atoms with Crippen molar-refractivity contribution in [1.29, 1.82) is 0 Å². The van der Waals surface area contributed by atoms with Crippen LogP contribution in [-0.4, -0.2) is 11.4 Å². The van der Waals surface area contributed by atoms with Crippen molar-refractivity contribution >= 4 is 11.4 Å². The Kier molecular flexibility index (Phi) is 1.68. The summed E-state index contributed by atoms with van der Waals surface area (Å²) < 4.78 is 0. The molecule has 2 nitrogen and oxygen atoms in total. The average molecular weight is 160 g/mol. The van der Waals surface area contributed by atoms with Crippen LogP contribution in [0.1, 0.15) is 13.8 Å². The maximum absolute atomic E-state index is 4.31. The minimum Gasteiger partial charge on any atom is -0.259 e. The van der Waals surface area contributed by atoms with E-state index in [1.54, 1.807) is 0 Å². The summed E-state index contributed by atoms with van der Waals surface area (Å²) in [6, 6.07) is 0. The van der Waals surface area contributed by atoms with E-state index in [0.29, 0.717) is 11.8 Å². The minimum absolute atomic E-state index is 0.436. The van der Waals surface area contributed by atoms with Crippen molar-refractivity contribution in [3.63, 3.8) is 0 Å². The van der Waals surface area contributed by atoms with Gasteiger partial charge >= 0.3 is 0 Å². The second-order valence-corrected chi connectivity index (χ2v) is 3.29. The van der Waals surface area contributed by atoms with Gasteiger partial charge in [-0.2, -0.15) is 0 Å². The fourth-order valence-corrected chi connectivity index (χ4v) is 1.52. The number of rotatable bonds is 1. The third kappa shape index (κ3) is 1.04. The lowest BCUT2D eigenvalue weighted by Crippen LogP contribution is -2.22. The molecule has 0 aliphatic carbocycles. The van der Waals surface area contributed by atoms with Crippen LogP contribution in [0.4, 0.5) is 0 Å². The van der Waals surface area contributed by atoms with Crippen molar-refractivity contribution in [3.05, 3.63) is 24.6 Å². The van der Waals surface area contributed by atoms with Crippen molar-refractivity contribution < 1.29 is 0 Å². The van der Waals surface area contributed by atoms with Gasteiger partial charge in [-0.15, -0.1) is 0 Å². The van der Waals surface area contributed by atoms with Gasteiger partial charge in [0.25, 0.3) is 0 Å². The van der Waals surface area contributed by atoms with Crippen molar-refractivity contribution in [2.24, 2.45) is 21.8 Å². The standard InChI is InChI=1S/C10H12N2/c1-7-3-5-11-9(7)10-8(2)4-6-12-10/h3-8H,1-2H3. The summed E-state index contributed by atoms with van der Waals surface area (Å²) >= 11 is 0. The summed E-state index contributed by atoms with van der Waals surface area (Å²) in [5.41, 5.74) is 2.26. The molecule has 12 heavy (non-hydrogen) atoms. The SMILES string of the molecule is CC1C=CN=C1C1=NC=CC1C. The zero-order valence-electron chi connectivity index (χ0n) is 7.36. The molecule has 2 rings (SSSR count). The van der Waals surface area contributed by atoms with E-state index in [1.165, 1.54) is 0 Å². The van der Waals surface area contributed by atoms with Crippen molar-refractivity contribution in [3.8, 4) is 0 Å². The van der Waals surface area contributed by atoms with Gasteiger partial charge in [0.05, 0.1) is 11.4 Å². The molecule has 2 unspecified atom stereocenters. The number of nitrogens with zero attached hydrogens (tertiary/aromatic N) is 2. The highest BCUT2D eigenvalue weighted by Gasteiger charge is 2.22. The molecule has 0 bridgehead atoms. The monoisotopic (exact) mass is 160 g/mol. The highest BCUT2D eigenvalue weighted by atomic mass is 14.8. The quantitative estimate of drug-likeness (QED) is 0.561. The van der Waals surface area contributed by atoms with Crippen LogP contribution in [0.15, 0.2) is 34.5 Å². The summed E-state index contributed by atoms with van der Waals surface area (Å²) in [7, 11) is 0. The lowest BCUT2D eigenvalue weighted by Gasteiger charge is -2.09. The molecule has 0 saturated heterocycles. The first-order chi connectivity index (χ1) is 5.79. The molecule has 2 atom stereocenters. The van der Waals surface area contributed by atoms with E-state index in [2.05, 4.69) is 36.0 Å². The Morgan fingerprint density at radius 3 is 1.58 bits per heavy atom. The topological polar surface area (TPSA) is 24.7 Å². The lowest BCUT2D eigenvalue weighted by molar-refractivity contribution is 0.994. The van der Waals surface area contributed by atoms with Gasteiger partial charge in [0.15, 0.2) is 0 Å². The lowest BCUT2D eigenvalue weighted by atomic mass is 9.95. The number of allylic oxidation sites excluding steroid dienone is 2. The highest BCUT2D eigenvalue weighted by Crippen LogP contribution is 2.18. The molecule has 0 spiro atoms. The molecule has 2 heteroatoms. The van der Waals surface area contributed by atoms with Crippen LogP contribution in [0.5, 0.6) is 0 Å². The molecule has 0 aromatic heterocycles. The molecule has 2 aliphatic heterocycles. The number of hydrogen-bond donors (Lipinski definition) is 0. The molecule has 0 N–H and O–H groups in total. The fraction of sp³-hybridized carbons (Fsp3) is 0.400. The van der Waals surface area contributed by atoms with Crippen molar-refractivity contribution in [1.82, 2.24) is 0 Å². The van der Waals surface area contributed by atoms with Gasteiger partial charge in [-0.3, -0.25) is 9.98 Å². The van der Waals surface area contributed by atoms with Crippen molar-refractivity contribution in [2.75, 3.05) is 0 Å². The predicted octanol–water partition coefficient (Wildman–Crippen LogP) is 2.20. The molecule has 0 aromatic carbocycles. The van der Waals surface area contributed by atoms with Gasteiger partial charge in [-0.05, 0) is 0 Å². The van der Waals surface area contributed by atoms with Gasteiger partial charge in [0.2, 0.25) is 0 Å². The molecule has 0 aromatic rings. The van der Waals surface area contributed by atoms with E-state index in [4.69, 9.17) is 0 Å². The van der Waals surface area contributed by atoms with Crippen LogP contribution in [0.3, 0.4) is 0 Å². The second kappa shape index (κ2) is 2.70. The van der Waals surface area contributed by atoms with Crippen molar-refractivity contribution in [2.45, 2.75) is 13.8 Å². The highest BCUT2D eigenvalue weighted by molar-refractivity contribution is 6.45. The van der Waals surface area contributed by atoms with Gasteiger partial charge in [0.1, 0.15) is 0 Å². The second-order valence-electron chi connectivity index (χ2n) is 3.29. The Bertz CT molecular complexity index is 276. The normalized spacial score (nSPS) is 32.5. The van der Waals surface area contributed by atoms with Crippen LogP contribution in [0.2, 0.25) is 0 Å². The van der Waals surface area contributed by atoms with Crippen LogP contribution >= 0.6 is 0 Å². The van der Waals surface area contributed by atoms with E-state index in [9.17, 15) is 0 Å². The van der Waals surface area contributed by atoms with Gasteiger partial charge in [-0.1, -0.05) is 26.0 Å². The van der Waals surface area contributed by atoms with E-state index in [0.717, 1.165) is 11.4 Å². The smallest absolute Gasteiger partial charge is 0.0690 e. The van der Waals surface area contributed by atoms with E-state index >= 15 is 0 Å². The van der Waals surface area contributed by atoms with E-state index in [-0.39, 0.29) is 0 Å². The maximum atomic E-state index is 4.31. The van der Waals surface area contributed by atoms with Crippen LogP contribution in [0.25, 0.3) is 0 Å². The predicted molar refractivity (Wildman–Crippen MR) is 51.5 cm³/mol. The summed E-state index contributed by atoms with van der Waals surface area (Å²) in [4.78, 5) is 8.63. The number of hydrogen-bond acceptors (Lipinski definition) is 2. The zero-order chi connectivity index (χ0) is 8.55. The Labute approximate surface area is 72.4 Å². The Hall–Kier alpha value is -1.18. The van der Waals surface area contributed by atoms with E-state index < -0.39 is 0 Å². The summed E-state index contributed by atoms with van der Waals surface area (Å²) in [5, 5.41) is 0.